The van der Waals surface area contributed by atoms with E-state index in [9.17, 15) is 0 Å². The molecule has 1 heterocycles. The first-order valence-corrected chi connectivity index (χ1v) is 10.5. The van der Waals surface area contributed by atoms with Crippen molar-refractivity contribution in [2.75, 3.05) is 20.6 Å². The van der Waals surface area contributed by atoms with E-state index in [1.165, 1.54) is 32.7 Å². The molecule has 0 radical (unpaired) electrons. The molecule has 0 bridgehead atoms. The Balaban J connectivity index is 1.71. The highest BCUT2D eigenvalue weighted by molar-refractivity contribution is 6.00. The molecule has 31 heavy (non-hydrogen) atoms. The number of benzene rings is 3. The maximum Gasteiger partial charge on any atom is 0.185 e. The maximum atomic E-state index is 4.17. The van der Waals surface area contributed by atoms with E-state index in [1.54, 1.807) is 0 Å². The van der Waals surface area contributed by atoms with Crippen LogP contribution in [0.5, 0.6) is 0 Å². The molecule has 0 atom stereocenters. The van der Waals surface area contributed by atoms with Crippen molar-refractivity contribution < 1.29 is 9.15 Å². The number of hydrogen-bond acceptors (Lipinski definition) is 2. The summed E-state index contributed by atoms with van der Waals surface area (Å²) < 4.78 is 4.22. The van der Waals surface area contributed by atoms with Gasteiger partial charge in [0, 0.05) is 25.2 Å². The van der Waals surface area contributed by atoms with Gasteiger partial charge in [-0.1, -0.05) is 43.0 Å². The molecule has 3 aromatic carbocycles. The molecule has 0 N–H and O–H groups in total. The quantitative estimate of drug-likeness (QED) is 0.317. The number of nitrogens with zero attached hydrogens (tertiary/aromatic N) is 4. The topological polar surface area (TPSA) is 12.5 Å². The lowest BCUT2D eigenvalue weighted by Crippen LogP contribution is -2.22. The average Bonchev–Trinajstić information content (AvgIpc) is 2.77. The van der Waals surface area contributed by atoms with Crippen molar-refractivity contribution in [3.05, 3.63) is 97.2 Å². The minimum atomic E-state index is 0.759. The minimum Gasteiger partial charge on any atom is -0.379 e. The van der Waals surface area contributed by atoms with Gasteiger partial charge in [-0.3, -0.25) is 0 Å². The molecule has 0 amide bonds. The van der Waals surface area contributed by atoms with Crippen molar-refractivity contribution in [1.82, 2.24) is 9.80 Å². The van der Waals surface area contributed by atoms with Crippen LogP contribution in [0.15, 0.2) is 86.1 Å². The van der Waals surface area contributed by atoms with Gasteiger partial charge >= 0.3 is 0 Å². The largest absolute Gasteiger partial charge is 0.379 e. The van der Waals surface area contributed by atoms with E-state index in [2.05, 4.69) is 89.9 Å². The van der Waals surface area contributed by atoms with Crippen molar-refractivity contribution in [1.29, 1.82) is 0 Å². The molecule has 0 saturated carbocycles. The zero-order valence-electron chi connectivity index (χ0n) is 18.4. The van der Waals surface area contributed by atoms with E-state index in [4.69, 9.17) is 0 Å². The molecular weight excluding hydrogens is 380 g/mol. The molecule has 4 nitrogen and oxygen atoms in total. The van der Waals surface area contributed by atoms with E-state index in [1.807, 2.05) is 42.2 Å². The molecular formula is C27H30N4+2. The SMILES string of the molecule is C=CN1C=C[N+](Cc2cccc3cc4cccc(C[N+](=C)/C=C\N(C)C)c4cc23)=CC1. The number of fused-ring (bicyclic) bond motifs is 2. The molecule has 0 aromatic heterocycles. The van der Waals surface area contributed by atoms with Crippen LogP contribution in [-0.2, 0) is 13.1 Å². The predicted octanol–water partition coefficient (Wildman–Crippen LogP) is 4.75. The van der Waals surface area contributed by atoms with Crippen LogP contribution in [0.3, 0.4) is 0 Å². The fraction of sp³-hybridized carbons (Fsp3) is 0.185. The number of hydrogen-bond donors (Lipinski definition) is 0. The molecule has 0 spiro atoms. The number of rotatable bonds is 7. The Morgan fingerprint density at radius 1 is 1.06 bits per heavy atom. The summed E-state index contributed by atoms with van der Waals surface area (Å²) in [6, 6.07) is 17.8. The molecule has 0 fully saturated rings. The van der Waals surface area contributed by atoms with Crippen LogP contribution in [0.1, 0.15) is 11.1 Å². The van der Waals surface area contributed by atoms with Crippen LogP contribution >= 0.6 is 0 Å². The second-order valence-corrected chi connectivity index (χ2v) is 8.17. The Hall–Kier alpha value is -3.66. The molecule has 156 valence electrons. The summed E-state index contributed by atoms with van der Waals surface area (Å²) in [5, 5.41) is 5.12. The van der Waals surface area contributed by atoms with E-state index >= 15 is 0 Å². The molecule has 0 saturated heterocycles. The molecule has 1 aliphatic rings. The standard InChI is InChI=1S/C27H30N4/c1-5-30-14-16-31(17-15-30)21-25-11-7-9-23-18-22-8-6-10-24(26(22)19-27(23)25)20-29(4)13-12-28(2)3/h5-14,16-19H,1,4,15,20-21H2,2-3H3/q+2/b13-12-. The highest BCUT2D eigenvalue weighted by Crippen LogP contribution is 2.28. The summed E-state index contributed by atoms with van der Waals surface area (Å²) in [4.78, 5) is 4.08. The Morgan fingerprint density at radius 3 is 2.42 bits per heavy atom. The summed E-state index contributed by atoms with van der Waals surface area (Å²) in [6.07, 6.45) is 12.2. The van der Waals surface area contributed by atoms with Gasteiger partial charge in [0.05, 0.1) is 18.9 Å². The van der Waals surface area contributed by atoms with Gasteiger partial charge in [0.2, 0.25) is 0 Å². The van der Waals surface area contributed by atoms with Gasteiger partial charge in [-0.25, -0.2) is 9.15 Å². The highest BCUT2D eigenvalue weighted by Gasteiger charge is 2.13. The Bertz CT molecular complexity index is 1230. The van der Waals surface area contributed by atoms with E-state index in [0.29, 0.717) is 0 Å². The molecule has 0 aliphatic carbocycles. The first kappa shape index (κ1) is 20.6. The van der Waals surface area contributed by atoms with Gasteiger partial charge in [-0.05, 0) is 39.9 Å². The van der Waals surface area contributed by atoms with Gasteiger partial charge in [-0.2, -0.15) is 0 Å². The van der Waals surface area contributed by atoms with Gasteiger partial charge in [0.15, 0.2) is 31.7 Å². The second kappa shape index (κ2) is 9.00. The lowest BCUT2D eigenvalue weighted by molar-refractivity contribution is -0.472. The fourth-order valence-corrected chi connectivity index (χ4v) is 3.90. The van der Waals surface area contributed by atoms with Gasteiger partial charge in [0.1, 0.15) is 6.72 Å². The molecule has 4 rings (SSSR count). The van der Waals surface area contributed by atoms with E-state index in [0.717, 1.165) is 19.6 Å². The third-order valence-corrected chi connectivity index (χ3v) is 5.57. The van der Waals surface area contributed by atoms with Crippen LogP contribution < -0.4 is 0 Å². The van der Waals surface area contributed by atoms with Crippen molar-refractivity contribution in [3.63, 3.8) is 0 Å². The van der Waals surface area contributed by atoms with Gasteiger partial charge in [0.25, 0.3) is 0 Å². The molecule has 4 heteroatoms. The summed E-state index contributed by atoms with van der Waals surface area (Å²) in [6.45, 7) is 10.5. The van der Waals surface area contributed by atoms with Crippen LogP contribution in [0.25, 0.3) is 21.5 Å². The van der Waals surface area contributed by atoms with Crippen LogP contribution in [0, 0.1) is 0 Å². The smallest absolute Gasteiger partial charge is 0.185 e. The lowest BCUT2D eigenvalue weighted by Gasteiger charge is -2.14. The third kappa shape index (κ3) is 4.75. The zero-order chi connectivity index (χ0) is 21.8. The summed E-state index contributed by atoms with van der Waals surface area (Å²) in [5.41, 5.74) is 2.60. The van der Waals surface area contributed by atoms with Crippen molar-refractivity contribution >= 4 is 34.5 Å². The van der Waals surface area contributed by atoms with Crippen LogP contribution in [0.2, 0.25) is 0 Å². The lowest BCUT2D eigenvalue weighted by atomic mass is 9.96. The first-order valence-electron chi connectivity index (χ1n) is 10.5. The molecule has 0 unspecified atom stereocenters. The van der Waals surface area contributed by atoms with Crippen molar-refractivity contribution in [3.8, 4) is 0 Å². The third-order valence-electron chi connectivity index (χ3n) is 5.57. The monoisotopic (exact) mass is 410 g/mol. The summed E-state index contributed by atoms with van der Waals surface area (Å²) >= 11 is 0. The van der Waals surface area contributed by atoms with Gasteiger partial charge in [-0.15, -0.1) is 0 Å². The first-order chi connectivity index (χ1) is 15.0. The highest BCUT2D eigenvalue weighted by atomic mass is 15.1. The average molecular weight is 411 g/mol. The predicted molar refractivity (Wildman–Crippen MR) is 131 cm³/mol. The Labute approximate surface area is 184 Å². The normalized spacial score (nSPS) is 13.7. The van der Waals surface area contributed by atoms with Crippen LogP contribution in [-0.4, -0.2) is 52.5 Å². The minimum absolute atomic E-state index is 0.759. The Morgan fingerprint density at radius 2 is 1.77 bits per heavy atom. The summed E-state index contributed by atoms with van der Waals surface area (Å²) in [7, 11) is 4.03. The fourth-order valence-electron chi connectivity index (χ4n) is 3.90. The Kier molecular flexibility index (Phi) is 5.99. The summed E-state index contributed by atoms with van der Waals surface area (Å²) in [5.74, 6) is 0. The zero-order valence-corrected chi connectivity index (χ0v) is 18.4. The maximum absolute atomic E-state index is 4.17. The van der Waals surface area contributed by atoms with Gasteiger partial charge < -0.3 is 9.80 Å². The van der Waals surface area contributed by atoms with Crippen LogP contribution in [0.4, 0.5) is 0 Å². The molecule has 3 aromatic rings. The second-order valence-electron chi connectivity index (χ2n) is 8.17. The van der Waals surface area contributed by atoms with Crippen molar-refractivity contribution in [2.45, 2.75) is 13.1 Å². The molecule has 1 aliphatic heterocycles. The van der Waals surface area contributed by atoms with E-state index < -0.39 is 0 Å². The van der Waals surface area contributed by atoms with Crippen molar-refractivity contribution in [2.24, 2.45) is 0 Å². The van der Waals surface area contributed by atoms with E-state index in [-0.39, 0.29) is 0 Å².